The minimum Gasteiger partial charge on any atom is -0.458 e. The van der Waals surface area contributed by atoms with Crippen LogP contribution < -0.4 is 0 Å². The number of carbonyl (C=O) groups is 2. The molecular formula is C20H26O5. The molecule has 4 fully saturated rings. The van der Waals surface area contributed by atoms with Crippen LogP contribution >= 0.6 is 0 Å². The van der Waals surface area contributed by atoms with E-state index in [1.54, 1.807) is 13.0 Å². The molecule has 2 aliphatic heterocycles. The highest BCUT2D eigenvalue weighted by atomic mass is 16.6. The zero-order chi connectivity index (χ0) is 18.1. The Morgan fingerprint density at radius 3 is 2.80 bits per heavy atom. The molecule has 2 saturated heterocycles. The van der Waals surface area contributed by atoms with Crippen LogP contribution in [0.2, 0.25) is 0 Å². The lowest BCUT2D eigenvalue weighted by Gasteiger charge is -2.53. The van der Waals surface area contributed by atoms with Crippen molar-refractivity contribution in [1.29, 1.82) is 0 Å². The molecule has 0 aromatic rings. The van der Waals surface area contributed by atoms with Crippen molar-refractivity contribution in [2.75, 3.05) is 0 Å². The Morgan fingerprint density at radius 2 is 2.12 bits per heavy atom. The minimum absolute atomic E-state index is 0.0180. The topological polar surface area (TPSA) is 65.1 Å². The van der Waals surface area contributed by atoms with E-state index in [4.69, 9.17) is 14.2 Å². The third-order valence-corrected chi connectivity index (χ3v) is 7.15. The number of ether oxygens (including phenoxy) is 3. The van der Waals surface area contributed by atoms with Gasteiger partial charge in [0.2, 0.25) is 0 Å². The Morgan fingerprint density at radius 1 is 1.40 bits per heavy atom. The highest BCUT2D eigenvalue weighted by Crippen LogP contribution is 2.66. The van der Waals surface area contributed by atoms with Crippen molar-refractivity contribution in [2.24, 2.45) is 17.3 Å². The minimum atomic E-state index is -0.304. The largest absolute Gasteiger partial charge is 0.458 e. The van der Waals surface area contributed by atoms with Crippen LogP contribution in [0.4, 0.5) is 0 Å². The zero-order valence-corrected chi connectivity index (χ0v) is 15.3. The number of hydrogen-bond acceptors (Lipinski definition) is 5. The molecule has 0 bridgehead atoms. The molecule has 2 aliphatic carbocycles. The maximum absolute atomic E-state index is 12.4. The molecule has 0 spiro atoms. The number of esters is 2. The van der Waals surface area contributed by atoms with Crippen molar-refractivity contribution >= 4 is 11.9 Å². The molecule has 0 radical (unpaired) electrons. The Bertz CT molecular complexity index is 694. The quantitative estimate of drug-likeness (QED) is 0.437. The second kappa shape index (κ2) is 5.19. The third-order valence-electron chi connectivity index (χ3n) is 7.15. The average molecular weight is 346 g/mol. The fourth-order valence-corrected chi connectivity index (χ4v) is 5.42. The summed E-state index contributed by atoms with van der Waals surface area (Å²) < 4.78 is 17.7. The summed E-state index contributed by atoms with van der Waals surface area (Å²) in [7, 11) is 0. The Balaban J connectivity index is 1.67. The van der Waals surface area contributed by atoms with Crippen LogP contribution in [0, 0.1) is 17.3 Å². The maximum Gasteiger partial charge on any atom is 0.334 e. The van der Waals surface area contributed by atoms with E-state index in [-0.39, 0.29) is 53.1 Å². The zero-order valence-electron chi connectivity index (χ0n) is 15.3. The van der Waals surface area contributed by atoms with E-state index < -0.39 is 0 Å². The summed E-state index contributed by atoms with van der Waals surface area (Å²) in [5.74, 6) is -0.487. The van der Waals surface area contributed by atoms with Crippen LogP contribution in [0.25, 0.3) is 0 Å². The Hall–Kier alpha value is -1.62. The molecule has 25 heavy (non-hydrogen) atoms. The van der Waals surface area contributed by atoms with E-state index in [1.165, 1.54) is 0 Å². The maximum atomic E-state index is 12.4. The first-order valence-corrected chi connectivity index (χ1v) is 9.14. The van der Waals surface area contributed by atoms with Gasteiger partial charge in [0.25, 0.3) is 0 Å². The van der Waals surface area contributed by atoms with Gasteiger partial charge in [-0.05, 0) is 33.6 Å². The molecule has 0 aromatic heterocycles. The van der Waals surface area contributed by atoms with Gasteiger partial charge in [0.05, 0.1) is 11.7 Å². The lowest BCUT2D eigenvalue weighted by Crippen LogP contribution is -2.59. The normalized spacial score (nSPS) is 48.2. The molecule has 5 heteroatoms. The van der Waals surface area contributed by atoms with Crippen molar-refractivity contribution in [3.8, 4) is 0 Å². The van der Waals surface area contributed by atoms with Gasteiger partial charge in [0.1, 0.15) is 12.2 Å². The van der Waals surface area contributed by atoms with Gasteiger partial charge in [0, 0.05) is 34.8 Å². The van der Waals surface area contributed by atoms with E-state index in [2.05, 4.69) is 20.4 Å². The molecule has 5 nitrogen and oxygen atoms in total. The van der Waals surface area contributed by atoms with Crippen molar-refractivity contribution in [1.82, 2.24) is 0 Å². The predicted molar refractivity (Wildman–Crippen MR) is 90.5 cm³/mol. The van der Waals surface area contributed by atoms with Gasteiger partial charge in [-0.3, -0.25) is 0 Å². The fraction of sp³-hybridized carbons (Fsp3) is 0.700. The third kappa shape index (κ3) is 2.17. The number of rotatable bonds is 2. The van der Waals surface area contributed by atoms with Crippen LogP contribution in [-0.4, -0.2) is 35.9 Å². The molecule has 0 amide bonds. The average Bonchev–Trinajstić information content (AvgIpc) is 3.14. The van der Waals surface area contributed by atoms with Gasteiger partial charge in [-0.2, -0.15) is 0 Å². The number of epoxide rings is 1. The molecule has 2 heterocycles. The number of fused-ring (bicyclic) bond motifs is 5. The summed E-state index contributed by atoms with van der Waals surface area (Å²) in [4.78, 5) is 24.4. The lowest BCUT2D eigenvalue weighted by atomic mass is 9.52. The van der Waals surface area contributed by atoms with Crippen LogP contribution in [0.15, 0.2) is 23.8 Å². The van der Waals surface area contributed by atoms with Crippen molar-refractivity contribution in [3.63, 3.8) is 0 Å². The lowest BCUT2D eigenvalue weighted by molar-refractivity contribution is -0.179. The second-order valence-corrected chi connectivity index (χ2v) is 8.42. The van der Waals surface area contributed by atoms with Gasteiger partial charge in [-0.25, -0.2) is 9.59 Å². The van der Waals surface area contributed by atoms with Crippen molar-refractivity contribution < 1.29 is 23.8 Å². The predicted octanol–water partition coefficient (Wildman–Crippen LogP) is 2.94. The van der Waals surface area contributed by atoms with Gasteiger partial charge in [-0.15, -0.1) is 0 Å². The number of hydrogen-bond donors (Lipinski definition) is 0. The second-order valence-electron chi connectivity index (χ2n) is 8.42. The van der Waals surface area contributed by atoms with Crippen molar-refractivity contribution in [3.05, 3.63) is 23.8 Å². The first-order chi connectivity index (χ1) is 11.7. The highest BCUT2D eigenvalue weighted by Gasteiger charge is 2.74. The van der Waals surface area contributed by atoms with E-state index in [9.17, 15) is 9.59 Å². The standard InChI is InChI=1S/C20H26O5/c1-6-10(2)17(21)23-13-9-14-20(5,25-14)16-15-12(7-8-19(13,16)4)11(3)18(22)24-15/h6,12-16H,3,7-9H2,1-2,4-5H3/b10-6-. The smallest absolute Gasteiger partial charge is 0.334 e. The number of allylic oxidation sites excluding steroid dienone is 1. The number of carbonyl (C=O) groups excluding carboxylic acids is 2. The Kier molecular flexibility index (Phi) is 3.50. The molecule has 7 unspecified atom stereocenters. The molecule has 0 N–H and O–H groups in total. The summed E-state index contributed by atoms with van der Waals surface area (Å²) in [6.45, 7) is 11.8. The monoisotopic (exact) mass is 346 g/mol. The van der Waals surface area contributed by atoms with Crippen LogP contribution in [0.3, 0.4) is 0 Å². The van der Waals surface area contributed by atoms with Crippen LogP contribution in [0.5, 0.6) is 0 Å². The molecule has 136 valence electrons. The molecule has 2 saturated carbocycles. The first kappa shape index (κ1) is 16.8. The van der Waals surface area contributed by atoms with Gasteiger partial charge < -0.3 is 14.2 Å². The first-order valence-electron chi connectivity index (χ1n) is 9.14. The molecule has 0 aromatic carbocycles. The summed E-state index contributed by atoms with van der Waals surface area (Å²) in [5, 5.41) is 0. The molecule has 4 aliphatic rings. The van der Waals surface area contributed by atoms with E-state index in [1.807, 2.05) is 6.92 Å². The summed E-state index contributed by atoms with van der Waals surface area (Å²) in [6, 6.07) is 0. The van der Waals surface area contributed by atoms with E-state index >= 15 is 0 Å². The molecule has 4 rings (SSSR count). The molecule has 7 atom stereocenters. The summed E-state index contributed by atoms with van der Waals surface area (Å²) >= 11 is 0. The van der Waals surface area contributed by atoms with Crippen molar-refractivity contribution in [2.45, 2.75) is 70.9 Å². The van der Waals surface area contributed by atoms with Gasteiger partial charge in [-0.1, -0.05) is 19.6 Å². The van der Waals surface area contributed by atoms with E-state index in [0.29, 0.717) is 17.6 Å². The van der Waals surface area contributed by atoms with Crippen LogP contribution in [0.1, 0.15) is 47.0 Å². The van der Waals surface area contributed by atoms with Crippen LogP contribution in [-0.2, 0) is 23.8 Å². The highest BCUT2D eigenvalue weighted by molar-refractivity contribution is 5.91. The summed E-state index contributed by atoms with van der Waals surface area (Å²) in [6.07, 6.45) is 3.78. The molecular weight excluding hydrogens is 320 g/mol. The van der Waals surface area contributed by atoms with Gasteiger partial charge in [0.15, 0.2) is 0 Å². The SMILES string of the molecule is C=C1C(=O)OC2C1CCC1(C)C(OC(=O)/C(C)=C\C)CC3OC3(C)C21. The Labute approximate surface area is 148 Å². The van der Waals surface area contributed by atoms with Gasteiger partial charge >= 0.3 is 11.9 Å². The van der Waals surface area contributed by atoms with E-state index in [0.717, 1.165) is 12.8 Å². The summed E-state index contributed by atoms with van der Waals surface area (Å²) in [5.41, 5.74) is 0.621. The fourth-order valence-electron chi connectivity index (χ4n) is 5.42.